The molecule has 0 bridgehead atoms. The molecule has 0 saturated heterocycles. The molecule has 3 aromatic rings. The molecule has 0 spiro atoms. The fourth-order valence-corrected chi connectivity index (χ4v) is 2.76. The maximum Gasteiger partial charge on any atom is 1.00 e. The summed E-state index contributed by atoms with van der Waals surface area (Å²) in [5, 5.41) is 23.4. The number of hydrogen-bond acceptors (Lipinski definition) is 5. The Kier molecular flexibility index (Phi) is 6.79. The molecule has 3 rings (SSSR count). The van der Waals surface area contributed by atoms with E-state index in [2.05, 4.69) is 5.32 Å². The van der Waals surface area contributed by atoms with Gasteiger partial charge in [0, 0.05) is 5.39 Å². The number of nitrogens with zero attached hydrogens (tertiary/aromatic N) is 1. The average molecular weight is 374 g/mol. The Morgan fingerprint density at radius 1 is 1.04 bits per heavy atom. The molecule has 0 fully saturated rings. The normalized spacial score (nSPS) is 10.2. The number of carboxylic acids is 1. The molecule has 1 amide bonds. The van der Waals surface area contributed by atoms with Gasteiger partial charge in [-0.15, -0.1) is 0 Å². The first-order valence-electron chi connectivity index (χ1n) is 7.85. The van der Waals surface area contributed by atoms with E-state index in [4.69, 9.17) is 0 Å². The van der Waals surface area contributed by atoms with Gasteiger partial charge in [-0.25, -0.2) is 0 Å². The number of amides is 1. The molecule has 1 heterocycles. The number of carboxylic acid groups (broad SMARTS) is 1. The zero-order valence-corrected chi connectivity index (χ0v) is 16.6. The van der Waals surface area contributed by atoms with Crippen LogP contribution in [0.2, 0.25) is 0 Å². The van der Waals surface area contributed by atoms with E-state index in [1.54, 1.807) is 24.3 Å². The smallest absolute Gasteiger partial charge is 0.548 e. The Labute approximate surface area is 176 Å². The second-order valence-electron chi connectivity index (χ2n) is 5.67. The molecule has 7 nitrogen and oxygen atoms in total. The van der Waals surface area contributed by atoms with Gasteiger partial charge < -0.3 is 24.9 Å². The Morgan fingerprint density at radius 3 is 2.33 bits per heavy atom. The van der Waals surface area contributed by atoms with Gasteiger partial charge in [-0.3, -0.25) is 9.59 Å². The number of para-hydroxylation sites is 1. The van der Waals surface area contributed by atoms with E-state index in [0.717, 1.165) is 5.56 Å². The largest absolute Gasteiger partial charge is 1.00 e. The molecular weight excluding hydrogens is 359 g/mol. The summed E-state index contributed by atoms with van der Waals surface area (Å²) in [6.45, 7) is -0.565. The predicted molar refractivity (Wildman–Crippen MR) is 92.8 cm³/mol. The third kappa shape index (κ3) is 4.39. The number of aromatic hydroxyl groups is 1. The minimum Gasteiger partial charge on any atom is -0.548 e. The van der Waals surface area contributed by atoms with E-state index < -0.39 is 35.3 Å². The Balaban J connectivity index is 0.00000261. The number of carbonyl (C=O) groups excluding carboxylic acids is 2. The van der Waals surface area contributed by atoms with Crippen molar-refractivity contribution in [1.82, 2.24) is 9.88 Å². The number of fused-ring (bicyclic) bond motifs is 1. The minimum absolute atomic E-state index is 0. The Morgan fingerprint density at radius 2 is 1.67 bits per heavy atom. The van der Waals surface area contributed by atoms with Crippen molar-refractivity contribution >= 4 is 22.8 Å². The van der Waals surface area contributed by atoms with Crippen LogP contribution in [0.4, 0.5) is 0 Å². The molecule has 0 aliphatic heterocycles. The summed E-state index contributed by atoms with van der Waals surface area (Å²) in [6.07, 6.45) is 0. The maximum absolute atomic E-state index is 12.9. The van der Waals surface area contributed by atoms with E-state index in [1.165, 1.54) is 4.57 Å². The first kappa shape index (κ1) is 20.7. The van der Waals surface area contributed by atoms with Crippen molar-refractivity contribution in [2.75, 3.05) is 6.54 Å². The fraction of sp³-hybridized carbons (Fsp3) is 0.105. The van der Waals surface area contributed by atoms with E-state index in [0.29, 0.717) is 10.9 Å². The van der Waals surface area contributed by atoms with Crippen molar-refractivity contribution in [2.45, 2.75) is 6.54 Å². The zero-order chi connectivity index (χ0) is 18.7. The quantitative estimate of drug-likeness (QED) is 0.470. The van der Waals surface area contributed by atoms with Crippen LogP contribution in [0.15, 0.2) is 59.4 Å². The minimum atomic E-state index is -1.50. The number of carbonyl (C=O) groups is 2. The second-order valence-corrected chi connectivity index (χ2v) is 5.67. The maximum atomic E-state index is 12.9. The van der Waals surface area contributed by atoms with Crippen LogP contribution in [-0.4, -0.2) is 28.1 Å². The van der Waals surface area contributed by atoms with Crippen LogP contribution in [0.3, 0.4) is 0 Å². The van der Waals surface area contributed by atoms with Crippen LogP contribution in [0.1, 0.15) is 15.9 Å². The molecule has 2 N–H and O–H groups in total. The third-order valence-electron chi connectivity index (χ3n) is 3.95. The van der Waals surface area contributed by atoms with Gasteiger partial charge in [0.15, 0.2) is 0 Å². The molecule has 1 aromatic heterocycles. The summed E-state index contributed by atoms with van der Waals surface area (Å²) in [6, 6.07) is 15.8. The summed E-state index contributed by atoms with van der Waals surface area (Å²) < 4.78 is 1.37. The van der Waals surface area contributed by atoms with Crippen molar-refractivity contribution in [1.29, 1.82) is 0 Å². The van der Waals surface area contributed by atoms with E-state index in [-0.39, 0.29) is 36.1 Å². The van der Waals surface area contributed by atoms with Crippen LogP contribution < -0.4 is 45.5 Å². The van der Waals surface area contributed by atoms with Crippen LogP contribution >= 0.6 is 0 Å². The van der Waals surface area contributed by atoms with E-state index >= 15 is 0 Å². The third-order valence-corrected chi connectivity index (χ3v) is 3.95. The van der Waals surface area contributed by atoms with Gasteiger partial charge in [0.2, 0.25) is 0 Å². The summed E-state index contributed by atoms with van der Waals surface area (Å²) >= 11 is 0. The second kappa shape index (κ2) is 8.85. The number of hydrogen-bond donors (Lipinski definition) is 2. The van der Waals surface area contributed by atoms with Crippen molar-refractivity contribution in [2.24, 2.45) is 0 Å². The Bertz CT molecular complexity index is 1050. The van der Waals surface area contributed by atoms with Gasteiger partial charge in [0.05, 0.1) is 24.6 Å². The molecule has 0 aliphatic carbocycles. The number of pyridine rings is 1. The van der Waals surface area contributed by atoms with Gasteiger partial charge >= 0.3 is 29.6 Å². The predicted octanol–water partition coefficient (Wildman–Crippen LogP) is -2.76. The standard InChI is InChI=1S/C19H16N2O5.Na/c22-15(23)10-20-18(25)16-17(24)13-8-4-5-9-14(13)21(19(16)26)11-12-6-2-1-3-7-12;/h1-9,24H,10-11H2,(H,20,25)(H,22,23);/q;+1/p-1. The van der Waals surface area contributed by atoms with Gasteiger partial charge in [-0.1, -0.05) is 42.5 Å². The van der Waals surface area contributed by atoms with Crippen molar-refractivity contribution in [3.8, 4) is 5.75 Å². The molecule has 0 radical (unpaired) electrons. The summed E-state index contributed by atoms with van der Waals surface area (Å²) in [4.78, 5) is 35.7. The topological polar surface area (TPSA) is 111 Å². The van der Waals surface area contributed by atoms with Gasteiger partial charge in [-0.2, -0.15) is 0 Å². The monoisotopic (exact) mass is 374 g/mol. The van der Waals surface area contributed by atoms with Crippen LogP contribution in [-0.2, 0) is 11.3 Å². The molecule has 0 saturated carbocycles. The SMILES string of the molecule is O=C([O-])CNC(=O)c1c(O)c2ccccc2n(Cc2ccccc2)c1=O.[Na+]. The number of aliphatic carboxylic acids is 1. The number of benzene rings is 2. The fourth-order valence-electron chi connectivity index (χ4n) is 2.76. The molecule has 27 heavy (non-hydrogen) atoms. The number of nitrogens with one attached hydrogen (secondary N) is 1. The molecule has 0 aliphatic rings. The molecule has 8 heteroatoms. The molecule has 2 aromatic carbocycles. The Hall–Kier alpha value is -2.61. The van der Waals surface area contributed by atoms with E-state index in [1.807, 2.05) is 30.3 Å². The first-order valence-corrected chi connectivity index (χ1v) is 7.85. The molecular formula is C19H15N2NaO5. The van der Waals surface area contributed by atoms with Crippen LogP contribution in [0, 0.1) is 0 Å². The summed E-state index contributed by atoms with van der Waals surface area (Å²) in [5.41, 5.74) is 0.101. The molecule has 0 atom stereocenters. The van der Waals surface area contributed by atoms with Crippen LogP contribution in [0.5, 0.6) is 5.75 Å². The van der Waals surface area contributed by atoms with Crippen molar-refractivity contribution < 1.29 is 49.4 Å². The van der Waals surface area contributed by atoms with Crippen molar-refractivity contribution in [3.05, 3.63) is 76.1 Å². The number of aromatic nitrogens is 1. The van der Waals surface area contributed by atoms with Crippen molar-refractivity contribution in [3.63, 3.8) is 0 Å². The summed E-state index contributed by atoms with van der Waals surface area (Å²) in [5.74, 6) is -2.95. The molecule has 0 unspecified atom stereocenters. The van der Waals surface area contributed by atoms with Crippen LogP contribution in [0.25, 0.3) is 10.9 Å². The first-order chi connectivity index (χ1) is 12.5. The number of rotatable bonds is 5. The summed E-state index contributed by atoms with van der Waals surface area (Å²) in [7, 11) is 0. The zero-order valence-electron chi connectivity index (χ0n) is 14.6. The van der Waals surface area contributed by atoms with Gasteiger partial charge in [0.25, 0.3) is 11.5 Å². The average Bonchev–Trinajstić information content (AvgIpc) is 2.64. The van der Waals surface area contributed by atoms with Gasteiger partial charge in [-0.05, 0) is 17.7 Å². The molecule has 132 valence electrons. The van der Waals surface area contributed by atoms with E-state index in [9.17, 15) is 24.6 Å². The van der Waals surface area contributed by atoms with Gasteiger partial charge in [0.1, 0.15) is 11.3 Å².